The maximum Gasteiger partial charge on any atom is 0.492 e. The van der Waals surface area contributed by atoms with Crippen molar-refractivity contribution in [1.82, 2.24) is 5.32 Å². The van der Waals surface area contributed by atoms with E-state index in [1.54, 1.807) is 0 Å². The van der Waals surface area contributed by atoms with Crippen molar-refractivity contribution in [3.63, 3.8) is 0 Å². The van der Waals surface area contributed by atoms with Gasteiger partial charge in [-0.15, -0.1) is 0 Å². The third-order valence-corrected chi connectivity index (χ3v) is 5.60. The van der Waals surface area contributed by atoms with Crippen LogP contribution in [-0.4, -0.2) is 36.6 Å². The van der Waals surface area contributed by atoms with Crippen molar-refractivity contribution in [3.8, 4) is 0 Å². The Hall–Kier alpha value is -1.99. The van der Waals surface area contributed by atoms with Gasteiger partial charge in [-0.25, -0.2) is 4.79 Å². The van der Waals surface area contributed by atoms with E-state index in [-0.39, 0.29) is 6.54 Å². The summed E-state index contributed by atoms with van der Waals surface area (Å²) in [5.74, 6) is 0. The number of nitrogens with one attached hydrogen (secondary N) is 1. The molecule has 0 aliphatic carbocycles. The smallest absolute Gasteiger partial charge is 0.444 e. The number of anilines is 1. The number of hydrogen-bond donors (Lipinski definition) is 2. The van der Waals surface area contributed by atoms with Gasteiger partial charge in [-0.3, -0.25) is 0 Å². The number of hydrogen-bond acceptors (Lipinski definition) is 5. The van der Waals surface area contributed by atoms with Gasteiger partial charge in [0, 0.05) is 12.2 Å². The maximum absolute atomic E-state index is 12.2. The van der Waals surface area contributed by atoms with Crippen LogP contribution in [0.25, 0.3) is 6.08 Å². The molecule has 0 spiro atoms. The normalized spacial score (nSPS) is 18.7. The molecule has 160 valence electrons. The predicted octanol–water partition coefficient (Wildman–Crippen LogP) is 4.43. The monoisotopic (exact) mass is 402 g/mol. The second-order valence-electron chi connectivity index (χ2n) is 9.66. The van der Waals surface area contributed by atoms with Crippen LogP contribution in [-0.2, 0) is 14.0 Å². The summed E-state index contributed by atoms with van der Waals surface area (Å²) in [5.41, 5.74) is 9.19. The average molecular weight is 402 g/mol. The Morgan fingerprint density at radius 2 is 1.69 bits per heavy atom. The molecule has 1 aromatic rings. The Morgan fingerprint density at radius 1 is 1.14 bits per heavy atom. The van der Waals surface area contributed by atoms with Crippen molar-refractivity contribution in [1.29, 1.82) is 0 Å². The summed E-state index contributed by atoms with van der Waals surface area (Å²) in [6.07, 6.45) is 1.52. The van der Waals surface area contributed by atoms with E-state index in [1.807, 2.05) is 80.5 Å². The number of nitrogens with two attached hydrogens (primary N) is 1. The van der Waals surface area contributed by atoms with E-state index in [1.165, 1.54) is 0 Å². The molecule has 0 unspecified atom stereocenters. The molecule has 1 heterocycles. The summed E-state index contributed by atoms with van der Waals surface area (Å²) < 4.78 is 17.8. The molecule has 0 radical (unpaired) electrons. The lowest BCUT2D eigenvalue weighted by Gasteiger charge is -2.32. The van der Waals surface area contributed by atoms with Crippen LogP contribution in [0.1, 0.15) is 65.2 Å². The number of amides is 1. The molecule has 7 heteroatoms. The van der Waals surface area contributed by atoms with Gasteiger partial charge in [0.25, 0.3) is 0 Å². The molecule has 1 aromatic carbocycles. The number of carbonyl (C=O) groups is 1. The molecule has 0 bridgehead atoms. The first-order valence-electron chi connectivity index (χ1n) is 10.0. The van der Waals surface area contributed by atoms with Gasteiger partial charge in [-0.2, -0.15) is 0 Å². The number of benzene rings is 1. The molecule has 2 rings (SSSR count). The zero-order chi connectivity index (χ0) is 22.2. The summed E-state index contributed by atoms with van der Waals surface area (Å²) in [7, 11) is -0.577. The van der Waals surface area contributed by atoms with Crippen LogP contribution in [0.4, 0.5) is 10.5 Å². The fraction of sp³-hybridized carbons (Fsp3) is 0.591. The highest BCUT2D eigenvalue weighted by Gasteiger charge is 2.52. The third kappa shape index (κ3) is 5.55. The fourth-order valence-electron chi connectivity index (χ4n) is 2.90. The van der Waals surface area contributed by atoms with E-state index < -0.39 is 30.0 Å². The van der Waals surface area contributed by atoms with Gasteiger partial charge in [-0.1, -0.05) is 12.1 Å². The Morgan fingerprint density at radius 3 is 2.21 bits per heavy atom. The summed E-state index contributed by atoms with van der Waals surface area (Å²) in [4.78, 5) is 12.2. The Bertz CT molecular complexity index is 794. The van der Waals surface area contributed by atoms with Crippen LogP contribution in [0, 0.1) is 13.8 Å². The van der Waals surface area contributed by atoms with E-state index in [9.17, 15) is 4.79 Å². The van der Waals surface area contributed by atoms with Gasteiger partial charge in [-0.05, 0) is 90.5 Å². The number of rotatable bonds is 4. The highest BCUT2D eigenvalue weighted by atomic mass is 16.7. The molecule has 6 nitrogen and oxygen atoms in total. The molecular weight excluding hydrogens is 367 g/mol. The van der Waals surface area contributed by atoms with Crippen molar-refractivity contribution >= 4 is 25.0 Å². The van der Waals surface area contributed by atoms with Gasteiger partial charge in [0.1, 0.15) is 5.60 Å². The SMILES string of the molecule is Cc1c(N)ccc(C=C(CNC(=O)OC(C)(C)C)B2OC(C)(C)C(C)(C)O2)c1C. The highest BCUT2D eigenvalue weighted by molar-refractivity contribution is 6.56. The van der Waals surface area contributed by atoms with Gasteiger partial charge >= 0.3 is 13.2 Å². The van der Waals surface area contributed by atoms with E-state index in [0.29, 0.717) is 0 Å². The lowest BCUT2D eigenvalue weighted by atomic mass is 9.76. The van der Waals surface area contributed by atoms with Crippen LogP contribution < -0.4 is 11.1 Å². The number of alkyl carbamates (subject to hydrolysis) is 1. The first-order chi connectivity index (χ1) is 13.1. The minimum absolute atomic E-state index is 0.245. The minimum atomic E-state index is -0.577. The molecule has 1 aliphatic rings. The minimum Gasteiger partial charge on any atom is -0.444 e. The van der Waals surface area contributed by atoms with Crippen molar-refractivity contribution < 1.29 is 18.8 Å². The average Bonchev–Trinajstić information content (AvgIpc) is 2.77. The first kappa shape index (κ1) is 23.3. The summed E-state index contributed by atoms with van der Waals surface area (Å²) >= 11 is 0. The van der Waals surface area contributed by atoms with Crippen LogP contribution in [0.5, 0.6) is 0 Å². The number of nitrogen functional groups attached to an aromatic ring is 1. The number of ether oxygens (including phenoxy) is 1. The quantitative estimate of drug-likeness (QED) is 0.575. The van der Waals surface area contributed by atoms with Crippen molar-refractivity contribution in [3.05, 3.63) is 34.3 Å². The van der Waals surface area contributed by atoms with E-state index in [0.717, 1.165) is 27.9 Å². The van der Waals surface area contributed by atoms with Crippen LogP contribution in [0.15, 0.2) is 17.6 Å². The molecule has 1 fully saturated rings. The summed E-state index contributed by atoms with van der Waals surface area (Å²) in [6.45, 7) is 17.8. The number of carbonyl (C=O) groups excluding carboxylic acids is 1. The zero-order valence-corrected chi connectivity index (χ0v) is 19.2. The molecule has 3 N–H and O–H groups in total. The maximum atomic E-state index is 12.2. The van der Waals surface area contributed by atoms with Gasteiger partial charge in [0.15, 0.2) is 0 Å². The third-order valence-electron chi connectivity index (χ3n) is 5.60. The molecule has 0 saturated carbocycles. The first-order valence-corrected chi connectivity index (χ1v) is 10.0. The van der Waals surface area contributed by atoms with E-state index >= 15 is 0 Å². The standard InChI is InChI=1S/C22H35BN2O4/c1-14-15(2)18(24)11-10-16(14)12-17(13-25-19(26)27-20(3,4)5)23-28-21(6,7)22(8,9)29-23/h10-12H,13,24H2,1-9H3,(H,25,26). The highest BCUT2D eigenvalue weighted by Crippen LogP contribution is 2.39. The molecule has 1 amide bonds. The van der Waals surface area contributed by atoms with Crippen molar-refractivity contribution in [2.24, 2.45) is 0 Å². The topological polar surface area (TPSA) is 82.8 Å². The molecule has 29 heavy (non-hydrogen) atoms. The van der Waals surface area contributed by atoms with Crippen LogP contribution >= 0.6 is 0 Å². The van der Waals surface area contributed by atoms with Crippen LogP contribution in [0.3, 0.4) is 0 Å². The van der Waals surface area contributed by atoms with Gasteiger partial charge in [0.2, 0.25) is 0 Å². The Kier molecular flexibility index (Phi) is 6.45. The van der Waals surface area contributed by atoms with Gasteiger partial charge < -0.3 is 25.1 Å². The van der Waals surface area contributed by atoms with E-state index in [4.69, 9.17) is 19.8 Å². The fourth-order valence-corrected chi connectivity index (χ4v) is 2.90. The molecule has 0 aromatic heterocycles. The van der Waals surface area contributed by atoms with Crippen molar-refractivity contribution in [2.45, 2.75) is 79.1 Å². The second-order valence-corrected chi connectivity index (χ2v) is 9.66. The molecule has 1 saturated heterocycles. The zero-order valence-electron chi connectivity index (χ0n) is 19.2. The molecule has 0 atom stereocenters. The van der Waals surface area contributed by atoms with Crippen LogP contribution in [0.2, 0.25) is 0 Å². The lowest BCUT2D eigenvalue weighted by Crippen LogP contribution is -2.41. The Balaban J connectivity index is 2.34. The molecular formula is C22H35BN2O4. The lowest BCUT2D eigenvalue weighted by molar-refractivity contribution is 0.00578. The largest absolute Gasteiger partial charge is 0.492 e. The second kappa shape index (κ2) is 8.03. The molecule has 1 aliphatic heterocycles. The van der Waals surface area contributed by atoms with Gasteiger partial charge in [0.05, 0.1) is 11.2 Å². The summed E-state index contributed by atoms with van der Waals surface area (Å²) in [5, 5.41) is 2.82. The van der Waals surface area contributed by atoms with E-state index in [2.05, 4.69) is 5.32 Å². The summed E-state index contributed by atoms with van der Waals surface area (Å²) in [6, 6.07) is 3.85. The predicted molar refractivity (Wildman–Crippen MR) is 119 cm³/mol. The van der Waals surface area contributed by atoms with Crippen molar-refractivity contribution in [2.75, 3.05) is 12.3 Å². The Labute approximate surface area is 175 Å².